The van der Waals surface area contributed by atoms with Crippen LogP contribution in [-0.4, -0.2) is 39.9 Å². The zero-order chi connectivity index (χ0) is 14.9. The van der Waals surface area contributed by atoms with Gasteiger partial charge in [-0.15, -0.1) is 0 Å². The van der Waals surface area contributed by atoms with E-state index in [0.717, 1.165) is 6.42 Å². The molecule has 0 aromatic carbocycles. The Morgan fingerprint density at radius 2 is 2.15 bits per heavy atom. The molecular formula is C14H20N2O4. The summed E-state index contributed by atoms with van der Waals surface area (Å²) in [5.74, 6) is -0.464. The van der Waals surface area contributed by atoms with Crippen molar-refractivity contribution in [3.63, 3.8) is 0 Å². The highest BCUT2D eigenvalue weighted by molar-refractivity contribution is 5.95. The van der Waals surface area contributed by atoms with Gasteiger partial charge in [-0.1, -0.05) is 0 Å². The van der Waals surface area contributed by atoms with Crippen LogP contribution in [0.2, 0.25) is 0 Å². The first-order chi connectivity index (χ1) is 9.29. The molecule has 0 spiro atoms. The number of esters is 1. The number of carbonyl (C=O) groups is 2. The van der Waals surface area contributed by atoms with Crippen molar-refractivity contribution < 1.29 is 18.7 Å². The summed E-state index contributed by atoms with van der Waals surface area (Å²) in [5.41, 5.74) is -0.0267. The number of rotatable bonds is 2. The fourth-order valence-corrected chi connectivity index (χ4v) is 2.26. The van der Waals surface area contributed by atoms with Crippen LogP contribution < -0.4 is 0 Å². The molecule has 0 radical (unpaired) electrons. The van der Waals surface area contributed by atoms with Gasteiger partial charge in [-0.3, -0.25) is 4.79 Å². The van der Waals surface area contributed by atoms with Gasteiger partial charge in [-0.05, 0) is 40.5 Å². The zero-order valence-corrected chi connectivity index (χ0v) is 12.3. The van der Waals surface area contributed by atoms with Crippen molar-refractivity contribution in [3.8, 4) is 0 Å². The lowest BCUT2D eigenvalue weighted by Crippen LogP contribution is -2.43. The maximum Gasteiger partial charge on any atom is 0.329 e. The first kappa shape index (κ1) is 14.6. The Kier molecular flexibility index (Phi) is 3.83. The summed E-state index contributed by atoms with van der Waals surface area (Å²) < 4.78 is 10.5. The van der Waals surface area contributed by atoms with Crippen LogP contribution in [0, 0.1) is 6.92 Å². The lowest BCUT2D eigenvalue weighted by Gasteiger charge is -2.26. The molecule has 2 heterocycles. The van der Waals surface area contributed by atoms with E-state index in [9.17, 15) is 9.59 Å². The quantitative estimate of drug-likeness (QED) is 0.774. The van der Waals surface area contributed by atoms with Crippen molar-refractivity contribution in [1.82, 2.24) is 9.88 Å². The van der Waals surface area contributed by atoms with E-state index in [1.165, 1.54) is 11.3 Å². The van der Waals surface area contributed by atoms with Gasteiger partial charge < -0.3 is 14.1 Å². The first-order valence-electron chi connectivity index (χ1n) is 6.73. The van der Waals surface area contributed by atoms with E-state index < -0.39 is 11.6 Å². The van der Waals surface area contributed by atoms with Crippen LogP contribution in [0.3, 0.4) is 0 Å². The smallest absolute Gasteiger partial charge is 0.329 e. The Bertz CT molecular complexity index is 515. The molecule has 6 nitrogen and oxygen atoms in total. The molecule has 0 saturated carbocycles. The second-order valence-electron chi connectivity index (χ2n) is 5.96. The van der Waals surface area contributed by atoms with Crippen LogP contribution in [0.1, 0.15) is 49.9 Å². The number of amides is 1. The molecule has 0 unspecified atom stereocenters. The number of hydrogen-bond acceptors (Lipinski definition) is 5. The van der Waals surface area contributed by atoms with Crippen LogP contribution in [0.15, 0.2) is 10.8 Å². The number of oxazole rings is 1. The maximum atomic E-state index is 12.4. The molecule has 110 valence electrons. The van der Waals surface area contributed by atoms with Crippen LogP contribution in [0.25, 0.3) is 0 Å². The Hall–Kier alpha value is -1.85. The summed E-state index contributed by atoms with van der Waals surface area (Å²) in [6, 6.07) is -0.536. The highest BCUT2D eigenvalue weighted by Gasteiger charge is 2.38. The number of carbonyl (C=O) groups excluding carboxylic acids is 2. The average Bonchev–Trinajstić information content (AvgIpc) is 2.93. The fourth-order valence-electron chi connectivity index (χ4n) is 2.26. The predicted octanol–water partition coefficient (Wildman–Crippen LogP) is 1.93. The number of aryl methyl sites for hydroxylation is 1. The maximum absolute atomic E-state index is 12.4. The number of ether oxygens (including phenoxy) is 1. The molecule has 20 heavy (non-hydrogen) atoms. The molecule has 1 aliphatic heterocycles. The van der Waals surface area contributed by atoms with E-state index in [-0.39, 0.29) is 17.6 Å². The Morgan fingerprint density at radius 1 is 1.45 bits per heavy atom. The normalized spacial score (nSPS) is 19.2. The highest BCUT2D eigenvalue weighted by Crippen LogP contribution is 2.23. The van der Waals surface area contributed by atoms with Gasteiger partial charge in [0.1, 0.15) is 11.6 Å². The first-order valence-corrected chi connectivity index (χ1v) is 6.73. The van der Waals surface area contributed by atoms with Crippen LogP contribution >= 0.6 is 0 Å². The Balaban J connectivity index is 2.13. The van der Waals surface area contributed by atoms with Crippen molar-refractivity contribution in [1.29, 1.82) is 0 Å². The van der Waals surface area contributed by atoms with Crippen LogP contribution in [0.5, 0.6) is 0 Å². The number of hydrogen-bond donors (Lipinski definition) is 0. The van der Waals surface area contributed by atoms with Crippen molar-refractivity contribution in [2.45, 2.75) is 52.2 Å². The van der Waals surface area contributed by atoms with Crippen molar-refractivity contribution in [2.75, 3.05) is 6.54 Å². The third-order valence-electron chi connectivity index (χ3n) is 3.13. The number of likely N-dealkylation sites (tertiary alicyclic amines) is 1. The molecule has 1 amide bonds. The molecule has 0 N–H and O–H groups in total. The molecule has 0 aliphatic carbocycles. The third-order valence-corrected chi connectivity index (χ3v) is 3.13. The van der Waals surface area contributed by atoms with E-state index in [4.69, 9.17) is 9.15 Å². The van der Waals surface area contributed by atoms with Gasteiger partial charge in [0.2, 0.25) is 5.76 Å². The van der Waals surface area contributed by atoms with Gasteiger partial charge in [0.25, 0.3) is 5.91 Å². The standard InChI is InChI=1S/C14H20N2O4/c1-9-11(19-8-15-9)12(17)16-7-5-6-10(16)13(18)20-14(2,3)4/h8,10H,5-7H2,1-4H3/t10-/m0/s1. The summed E-state index contributed by atoms with van der Waals surface area (Å²) in [4.78, 5) is 30.0. The Morgan fingerprint density at radius 3 is 2.70 bits per heavy atom. The third kappa shape index (κ3) is 3.00. The van der Waals surface area contributed by atoms with Crippen LogP contribution in [0.4, 0.5) is 0 Å². The minimum absolute atomic E-state index is 0.195. The summed E-state index contributed by atoms with van der Waals surface area (Å²) >= 11 is 0. The molecule has 0 bridgehead atoms. The van der Waals surface area contributed by atoms with Gasteiger partial charge >= 0.3 is 5.97 Å². The van der Waals surface area contributed by atoms with E-state index in [0.29, 0.717) is 18.7 Å². The second kappa shape index (κ2) is 5.26. The van der Waals surface area contributed by atoms with E-state index in [1.807, 2.05) is 20.8 Å². The monoisotopic (exact) mass is 280 g/mol. The summed E-state index contributed by atoms with van der Waals surface area (Å²) in [7, 11) is 0. The molecule has 1 aromatic heterocycles. The van der Waals surface area contributed by atoms with Gasteiger partial charge in [-0.2, -0.15) is 0 Å². The highest BCUT2D eigenvalue weighted by atomic mass is 16.6. The van der Waals surface area contributed by atoms with E-state index in [1.54, 1.807) is 6.92 Å². The van der Waals surface area contributed by atoms with E-state index >= 15 is 0 Å². The minimum atomic E-state index is -0.559. The minimum Gasteiger partial charge on any atom is -0.458 e. The molecule has 1 saturated heterocycles. The summed E-state index contributed by atoms with van der Waals surface area (Å²) in [6.07, 6.45) is 2.64. The van der Waals surface area contributed by atoms with Crippen molar-refractivity contribution in [3.05, 3.63) is 17.8 Å². The van der Waals surface area contributed by atoms with Gasteiger partial charge in [-0.25, -0.2) is 9.78 Å². The number of nitrogens with zero attached hydrogens (tertiary/aromatic N) is 2. The molecule has 6 heteroatoms. The molecule has 1 aromatic rings. The van der Waals surface area contributed by atoms with Gasteiger partial charge in [0, 0.05) is 6.54 Å². The second-order valence-corrected chi connectivity index (χ2v) is 5.96. The van der Waals surface area contributed by atoms with Crippen molar-refractivity contribution in [2.24, 2.45) is 0 Å². The van der Waals surface area contributed by atoms with Gasteiger partial charge in [0.05, 0.1) is 5.69 Å². The molecule has 2 rings (SSSR count). The molecular weight excluding hydrogens is 260 g/mol. The lowest BCUT2D eigenvalue weighted by molar-refractivity contribution is -0.159. The Labute approximate surface area is 118 Å². The topological polar surface area (TPSA) is 72.6 Å². The largest absolute Gasteiger partial charge is 0.458 e. The van der Waals surface area contributed by atoms with Gasteiger partial charge in [0.15, 0.2) is 6.39 Å². The average molecular weight is 280 g/mol. The molecule has 1 aliphatic rings. The summed E-state index contributed by atoms with van der Waals surface area (Å²) in [6.45, 7) is 7.67. The van der Waals surface area contributed by atoms with Crippen LogP contribution in [-0.2, 0) is 9.53 Å². The molecule has 1 atom stereocenters. The molecule has 1 fully saturated rings. The van der Waals surface area contributed by atoms with Crippen molar-refractivity contribution >= 4 is 11.9 Å². The summed E-state index contributed by atoms with van der Waals surface area (Å²) in [5, 5.41) is 0. The van der Waals surface area contributed by atoms with E-state index in [2.05, 4.69) is 4.98 Å². The predicted molar refractivity (Wildman–Crippen MR) is 71.1 cm³/mol. The number of aromatic nitrogens is 1. The fraction of sp³-hybridized carbons (Fsp3) is 0.643. The lowest BCUT2D eigenvalue weighted by atomic mass is 10.1. The SMILES string of the molecule is Cc1ncoc1C(=O)N1CCC[C@H]1C(=O)OC(C)(C)C. The zero-order valence-electron chi connectivity index (χ0n) is 12.3.